The second-order valence-electron chi connectivity index (χ2n) is 4.14. The van der Waals surface area contributed by atoms with Crippen molar-refractivity contribution in [2.75, 3.05) is 7.05 Å². The molecule has 21 heavy (non-hydrogen) atoms. The minimum absolute atomic E-state index is 0. The van der Waals surface area contributed by atoms with E-state index in [1.54, 1.807) is 18.4 Å². The SMILES string of the molecule is CN=C(NCc1cc(F)cc(Br)c1)NCc1cccs1.I. The molecular formula is C14H16BrFIN3S. The Morgan fingerprint density at radius 1 is 1.29 bits per heavy atom. The first-order valence-corrected chi connectivity index (χ1v) is 7.76. The van der Waals surface area contributed by atoms with Crippen LogP contribution in [0, 0.1) is 5.82 Å². The molecule has 0 spiro atoms. The Morgan fingerprint density at radius 3 is 2.67 bits per heavy atom. The van der Waals surface area contributed by atoms with Gasteiger partial charge in [-0.25, -0.2) is 4.39 Å². The molecule has 0 saturated heterocycles. The summed E-state index contributed by atoms with van der Waals surface area (Å²) in [7, 11) is 1.71. The molecule has 2 aromatic rings. The van der Waals surface area contributed by atoms with Gasteiger partial charge in [-0.05, 0) is 35.2 Å². The summed E-state index contributed by atoms with van der Waals surface area (Å²) in [5.41, 5.74) is 0.857. The molecule has 1 aromatic heterocycles. The normalized spacial score (nSPS) is 10.9. The maximum absolute atomic E-state index is 13.3. The van der Waals surface area contributed by atoms with E-state index in [0.717, 1.165) is 16.6 Å². The predicted octanol–water partition coefficient (Wildman–Crippen LogP) is 4.13. The first kappa shape index (κ1) is 18.4. The molecule has 0 fully saturated rings. The smallest absolute Gasteiger partial charge is 0.191 e. The molecule has 0 aliphatic heterocycles. The molecule has 1 aromatic carbocycles. The summed E-state index contributed by atoms with van der Waals surface area (Å²) in [5, 5.41) is 8.41. The fraction of sp³-hybridized carbons (Fsp3) is 0.214. The van der Waals surface area contributed by atoms with E-state index in [4.69, 9.17) is 0 Å². The highest BCUT2D eigenvalue weighted by atomic mass is 127. The number of nitrogens with one attached hydrogen (secondary N) is 2. The van der Waals surface area contributed by atoms with E-state index in [1.165, 1.54) is 17.0 Å². The summed E-state index contributed by atoms with van der Waals surface area (Å²) in [5.74, 6) is 0.441. The second kappa shape index (κ2) is 9.37. The Labute approximate surface area is 153 Å². The standard InChI is InChI=1S/C14H15BrFN3S.HI/c1-17-14(19-9-13-3-2-4-20-13)18-8-10-5-11(15)7-12(16)6-10;/h2-7H,8-9H2,1H3,(H2,17,18,19);1H. The molecule has 0 bridgehead atoms. The molecule has 0 radical (unpaired) electrons. The van der Waals surface area contributed by atoms with Crippen LogP contribution in [-0.4, -0.2) is 13.0 Å². The number of rotatable bonds is 4. The zero-order valence-electron chi connectivity index (χ0n) is 11.4. The van der Waals surface area contributed by atoms with Crippen LogP contribution in [0.4, 0.5) is 4.39 Å². The lowest BCUT2D eigenvalue weighted by atomic mass is 10.2. The molecule has 0 saturated carbocycles. The van der Waals surface area contributed by atoms with E-state index in [0.29, 0.717) is 12.5 Å². The van der Waals surface area contributed by atoms with E-state index >= 15 is 0 Å². The van der Waals surface area contributed by atoms with Crippen molar-refractivity contribution in [3.8, 4) is 0 Å². The lowest BCUT2D eigenvalue weighted by Gasteiger charge is -2.11. The van der Waals surface area contributed by atoms with Crippen LogP contribution in [0.25, 0.3) is 0 Å². The van der Waals surface area contributed by atoms with Gasteiger partial charge in [0, 0.05) is 22.9 Å². The van der Waals surface area contributed by atoms with Gasteiger partial charge in [0.25, 0.3) is 0 Å². The largest absolute Gasteiger partial charge is 0.352 e. The zero-order chi connectivity index (χ0) is 14.4. The maximum Gasteiger partial charge on any atom is 0.191 e. The van der Waals surface area contributed by atoms with Crippen molar-refractivity contribution in [2.24, 2.45) is 4.99 Å². The second-order valence-corrected chi connectivity index (χ2v) is 6.08. The lowest BCUT2D eigenvalue weighted by molar-refractivity contribution is 0.623. The lowest BCUT2D eigenvalue weighted by Crippen LogP contribution is -2.36. The number of aliphatic imine (C=N–C) groups is 1. The van der Waals surface area contributed by atoms with Crippen molar-refractivity contribution in [3.05, 3.63) is 56.4 Å². The highest BCUT2D eigenvalue weighted by Gasteiger charge is 2.02. The summed E-state index contributed by atoms with van der Waals surface area (Å²) in [6.45, 7) is 1.24. The molecule has 2 N–H and O–H groups in total. The van der Waals surface area contributed by atoms with Gasteiger partial charge in [0.1, 0.15) is 5.82 Å². The van der Waals surface area contributed by atoms with Gasteiger partial charge in [-0.15, -0.1) is 35.3 Å². The van der Waals surface area contributed by atoms with Crippen molar-refractivity contribution in [3.63, 3.8) is 0 Å². The first-order valence-electron chi connectivity index (χ1n) is 6.09. The average Bonchev–Trinajstić information content (AvgIpc) is 2.91. The van der Waals surface area contributed by atoms with Gasteiger partial charge in [-0.1, -0.05) is 22.0 Å². The van der Waals surface area contributed by atoms with E-state index in [-0.39, 0.29) is 29.8 Å². The summed E-state index contributed by atoms with van der Waals surface area (Å²) < 4.78 is 14.0. The van der Waals surface area contributed by atoms with Gasteiger partial charge in [0.05, 0.1) is 6.54 Å². The van der Waals surface area contributed by atoms with Crippen LogP contribution >= 0.6 is 51.2 Å². The molecule has 2 rings (SSSR count). The third-order valence-corrected chi connectivity index (χ3v) is 3.95. The van der Waals surface area contributed by atoms with Crippen molar-refractivity contribution < 1.29 is 4.39 Å². The van der Waals surface area contributed by atoms with Crippen LogP contribution in [0.15, 0.2) is 45.2 Å². The Balaban J connectivity index is 0.00000220. The third-order valence-electron chi connectivity index (χ3n) is 2.62. The summed E-state index contributed by atoms with van der Waals surface area (Å²) >= 11 is 4.97. The van der Waals surface area contributed by atoms with Gasteiger partial charge >= 0.3 is 0 Å². The fourth-order valence-corrected chi connectivity index (χ4v) is 2.86. The number of benzene rings is 1. The molecule has 1 heterocycles. The topological polar surface area (TPSA) is 36.4 Å². The number of thiophene rings is 1. The molecular weight excluding hydrogens is 468 g/mol. The Bertz CT molecular complexity index is 570. The number of guanidine groups is 1. The highest BCUT2D eigenvalue weighted by molar-refractivity contribution is 14.0. The van der Waals surface area contributed by atoms with Crippen LogP contribution in [0.1, 0.15) is 10.4 Å². The van der Waals surface area contributed by atoms with Crippen molar-refractivity contribution in [2.45, 2.75) is 13.1 Å². The molecule has 0 unspecified atom stereocenters. The molecule has 0 atom stereocenters. The predicted molar refractivity (Wildman–Crippen MR) is 101 cm³/mol. The number of nitrogens with zero attached hydrogens (tertiary/aromatic N) is 1. The summed E-state index contributed by atoms with van der Waals surface area (Å²) in [4.78, 5) is 5.38. The zero-order valence-corrected chi connectivity index (χ0v) is 16.1. The number of hydrogen-bond donors (Lipinski definition) is 2. The molecule has 0 aliphatic rings. The van der Waals surface area contributed by atoms with Crippen molar-refractivity contribution >= 4 is 57.2 Å². The van der Waals surface area contributed by atoms with Crippen LogP contribution in [0.2, 0.25) is 0 Å². The molecule has 0 aliphatic carbocycles. The van der Waals surface area contributed by atoms with Gasteiger partial charge in [0.2, 0.25) is 0 Å². The highest BCUT2D eigenvalue weighted by Crippen LogP contribution is 2.14. The monoisotopic (exact) mass is 483 g/mol. The van der Waals surface area contributed by atoms with Gasteiger partial charge < -0.3 is 10.6 Å². The average molecular weight is 484 g/mol. The summed E-state index contributed by atoms with van der Waals surface area (Å²) in [6, 6.07) is 8.90. The van der Waals surface area contributed by atoms with Crippen LogP contribution in [0.3, 0.4) is 0 Å². The van der Waals surface area contributed by atoms with Crippen LogP contribution in [0.5, 0.6) is 0 Å². The number of halogens is 3. The maximum atomic E-state index is 13.3. The van der Waals surface area contributed by atoms with E-state index in [2.05, 4.69) is 37.6 Å². The van der Waals surface area contributed by atoms with Crippen LogP contribution in [-0.2, 0) is 13.1 Å². The van der Waals surface area contributed by atoms with E-state index in [9.17, 15) is 4.39 Å². The Morgan fingerprint density at radius 2 is 2.05 bits per heavy atom. The van der Waals surface area contributed by atoms with Crippen molar-refractivity contribution in [1.82, 2.24) is 10.6 Å². The Hall–Kier alpha value is -0.670. The number of hydrogen-bond acceptors (Lipinski definition) is 2. The first-order chi connectivity index (χ1) is 9.67. The fourth-order valence-electron chi connectivity index (χ4n) is 1.70. The molecule has 7 heteroatoms. The quantitative estimate of drug-likeness (QED) is 0.389. The Kier molecular flexibility index (Phi) is 8.20. The molecule has 3 nitrogen and oxygen atoms in total. The molecule has 114 valence electrons. The van der Waals surface area contributed by atoms with Gasteiger partial charge in [-0.2, -0.15) is 0 Å². The van der Waals surface area contributed by atoms with Gasteiger partial charge in [-0.3, -0.25) is 4.99 Å². The minimum atomic E-state index is -0.252. The van der Waals surface area contributed by atoms with Crippen LogP contribution < -0.4 is 10.6 Å². The molecule has 0 amide bonds. The van der Waals surface area contributed by atoms with Gasteiger partial charge in [0.15, 0.2) is 5.96 Å². The summed E-state index contributed by atoms with van der Waals surface area (Å²) in [6.07, 6.45) is 0. The van der Waals surface area contributed by atoms with E-state index < -0.39 is 0 Å². The van der Waals surface area contributed by atoms with E-state index in [1.807, 2.05) is 17.5 Å². The minimum Gasteiger partial charge on any atom is -0.352 e. The third kappa shape index (κ3) is 6.31. The van der Waals surface area contributed by atoms with Crippen molar-refractivity contribution in [1.29, 1.82) is 0 Å².